The molecule has 2 rings (SSSR count). The predicted molar refractivity (Wildman–Crippen MR) is 76.3 cm³/mol. The molecule has 0 bridgehead atoms. The molecule has 0 aliphatic heterocycles. The number of rotatable bonds is 3. The lowest BCUT2D eigenvalue weighted by Crippen LogP contribution is -2.16. The van der Waals surface area contributed by atoms with Crippen LogP contribution in [0.3, 0.4) is 0 Å². The predicted octanol–water partition coefficient (Wildman–Crippen LogP) is 3.92. The number of H-pyrrole nitrogens is 1. The third-order valence-electron chi connectivity index (χ3n) is 2.94. The average Bonchev–Trinajstić information content (AvgIpc) is 2.37. The van der Waals surface area contributed by atoms with E-state index in [0.29, 0.717) is 29.1 Å². The van der Waals surface area contributed by atoms with E-state index in [-0.39, 0.29) is 22.2 Å². The van der Waals surface area contributed by atoms with E-state index in [9.17, 15) is 18.0 Å². The molecule has 1 aromatic carbocycles. The van der Waals surface area contributed by atoms with Crippen molar-refractivity contribution in [1.82, 2.24) is 9.97 Å². The van der Waals surface area contributed by atoms with Crippen LogP contribution in [0.25, 0.3) is 11.4 Å². The maximum atomic E-state index is 12.3. The summed E-state index contributed by atoms with van der Waals surface area (Å²) >= 11 is -0.175. The number of hydrogen-bond acceptors (Lipinski definition) is 3. The fourth-order valence-electron chi connectivity index (χ4n) is 1.98. The second-order valence-corrected chi connectivity index (χ2v) is 5.54. The van der Waals surface area contributed by atoms with Crippen LogP contribution in [0.1, 0.15) is 18.2 Å². The van der Waals surface area contributed by atoms with Crippen LogP contribution in [0.2, 0.25) is 0 Å². The standard InChI is InChI=1S/C14H13F3N2OS/c1-3-11-8(2)18-12(19-13(11)20)9-4-6-10(7-5-9)21-14(15,16)17/h4-7H,3H2,1-2H3,(H,18,19,20). The minimum absolute atomic E-state index is 0.0931. The van der Waals surface area contributed by atoms with Gasteiger partial charge in [0.1, 0.15) is 5.82 Å². The second kappa shape index (κ2) is 5.93. The minimum Gasteiger partial charge on any atom is -0.306 e. The molecule has 0 unspecified atom stereocenters. The van der Waals surface area contributed by atoms with E-state index in [4.69, 9.17) is 0 Å². The Hall–Kier alpha value is -1.76. The van der Waals surface area contributed by atoms with E-state index in [2.05, 4.69) is 9.97 Å². The lowest BCUT2D eigenvalue weighted by molar-refractivity contribution is -0.0328. The van der Waals surface area contributed by atoms with E-state index in [0.717, 1.165) is 0 Å². The molecule has 0 fully saturated rings. The first-order valence-corrected chi connectivity index (χ1v) is 7.08. The van der Waals surface area contributed by atoms with Crippen molar-refractivity contribution >= 4 is 11.8 Å². The summed E-state index contributed by atoms with van der Waals surface area (Å²) in [6.07, 6.45) is 0.579. The molecule has 1 heterocycles. The second-order valence-electron chi connectivity index (χ2n) is 4.40. The Labute approximate surface area is 123 Å². The third-order valence-corrected chi connectivity index (χ3v) is 3.68. The van der Waals surface area contributed by atoms with Gasteiger partial charge in [0, 0.05) is 21.7 Å². The molecule has 1 aromatic heterocycles. The summed E-state index contributed by atoms with van der Waals surface area (Å²) in [7, 11) is 0. The molecule has 7 heteroatoms. The van der Waals surface area contributed by atoms with Gasteiger partial charge in [-0.15, -0.1) is 0 Å². The highest BCUT2D eigenvalue weighted by atomic mass is 32.2. The molecule has 2 aromatic rings. The van der Waals surface area contributed by atoms with Crippen LogP contribution in [0, 0.1) is 6.92 Å². The van der Waals surface area contributed by atoms with Crippen LogP contribution in [0.4, 0.5) is 13.2 Å². The zero-order chi connectivity index (χ0) is 15.6. The summed E-state index contributed by atoms with van der Waals surface area (Å²) in [5.41, 5.74) is -2.71. The van der Waals surface area contributed by atoms with Gasteiger partial charge >= 0.3 is 5.51 Å². The van der Waals surface area contributed by atoms with Gasteiger partial charge in [0.15, 0.2) is 0 Å². The first-order valence-electron chi connectivity index (χ1n) is 6.26. The van der Waals surface area contributed by atoms with Gasteiger partial charge in [0.2, 0.25) is 0 Å². The number of aromatic nitrogens is 2. The maximum Gasteiger partial charge on any atom is 0.446 e. The average molecular weight is 314 g/mol. The first kappa shape index (κ1) is 15.6. The van der Waals surface area contributed by atoms with E-state index in [1.807, 2.05) is 6.92 Å². The van der Waals surface area contributed by atoms with Crippen LogP contribution in [0.15, 0.2) is 34.0 Å². The number of nitrogens with one attached hydrogen (secondary N) is 1. The molecule has 1 N–H and O–H groups in total. The van der Waals surface area contributed by atoms with Gasteiger partial charge in [-0.2, -0.15) is 13.2 Å². The van der Waals surface area contributed by atoms with Crippen LogP contribution < -0.4 is 5.56 Å². The summed E-state index contributed by atoms with van der Waals surface area (Å²) in [6, 6.07) is 5.74. The highest BCUT2D eigenvalue weighted by Crippen LogP contribution is 2.37. The van der Waals surface area contributed by atoms with E-state index in [1.165, 1.54) is 24.3 Å². The minimum atomic E-state index is -4.31. The Morgan fingerprint density at radius 3 is 2.33 bits per heavy atom. The van der Waals surface area contributed by atoms with Crippen molar-refractivity contribution in [3.63, 3.8) is 0 Å². The summed E-state index contributed by atoms with van der Waals surface area (Å²) in [5, 5.41) is 0. The SMILES string of the molecule is CCc1c(C)nc(-c2ccc(SC(F)(F)F)cc2)[nH]c1=O. The Morgan fingerprint density at radius 1 is 1.24 bits per heavy atom. The van der Waals surface area contributed by atoms with Crippen molar-refractivity contribution in [2.24, 2.45) is 0 Å². The van der Waals surface area contributed by atoms with Crippen LogP contribution >= 0.6 is 11.8 Å². The van der Waals surface area contributed by atoms with Crippen molar-refractivity contribution in [3.8, 4) is 11.4 Å². The Kier molecular flexibility index (Phi) is 4.41. The molecule has 0 saturated heterocycles. The molecule has 0 aliphatic carbocycles. The van der Waals surface area contributed by atoms with Crippen LogP contribution in [-0.4, -0.2) is 15.5 Å². The zero-order valence-corrected chi connectivity index (χ0v) is 12.2. The molecule has 0 saturated carbocycles. The molecule has 3 nitrogen and oxygen atoms in total. The number of benzene rings is 1. The van der Waals surface area contributed by atoms with Gasteiger partial charge in [-0.3, -0.25) is 4.79 Å². The van der Waals surface area contributed by atoms with Crippen molar-refractivity contribution < 1.29 is 13.2 Å². The monoisotopic (exact) mass is 314 g/mol. The number of nitrogens with zero attached hydrogens (tertiary/aromatic N) is 1. The van der Waals surface area contributed by atoms with Gasteiger partial charge in [-0.25, -0.2) is 4.98 Å². The quantitative estimate of drug-likeness (QED) is 0.873. The molecule has 0 radical (unpaired) electrons. The Bertz CT molecular complexity index is 693. The molecule has 0 amide bonds. The van der Waals surface area contributed by atoms with E-state index in [1.54, 1.807) is 6.92 Å². The van der Waals surface area contributed by atoms with Crippen molar-refractivity contribution in [2.45, 2.75) is 30.7 Å². The molecule has 0 aliphatic rings. The summed E-state index contributed by atoms with van der Waals surface area (Å²) < 4.78 is 36.8. The molecular formula is C14H13F3N2OS. The number of alkyl halides is 3. The Morgan fingerprint density at radius 2 is 1.86 bits per heavy atom. The van der Waals surface area contributed by atoms with Gasteiger partial charge in [-0.1, -0.05) is 19.1 Å². The highest BCUT2D eigenvalue weighted by Gasteiger charge is 2.29. The zero-order valence-electron chi connectivity index (χ0n) is 11.4. The fourth-order valence-corrected chi connectivity index (χ4v) is 2.52. The van der Waals surface area contributed by atoms with Crippen molar-refractivity contribution in [1.29, 1.82) is 0 Å². The van der Waals surface area contributed by atoms with Crippen LogP contribution in [-0.2, 0) is 6.42 Å². The highest BCUT2D eigenvalue weighted by molar-refractivity contribution is 8.00. The smallest absolute Gasteiger partial charge is 0.306 e. The van der Waals surface area contributed by atoms with Crippen molar-refractivity contribution in [3.05, 3.63) is 45.9 Å². The van der Waals surface area contributed by atoms with Crippen LogP contribution in [0.5, 0.6) is 0 Å². The van der Waals surface area contributed by atoms with Gasteiger partial charge in [0.25, 0.3) is 5.56 Å². The number of aryl methyl sites for hydroxylation is 1. The Balaban J connectivity index is 2.33. The fraction of sp³-hybridized carbons (Fsp3) is 0.286. The van der Waals surface area contributed by atoms with Gasteiger partial charge in [-0.05, 0) is 37.2 Å². The van der Waals surface area contributed by atoms with E-state index >= 15 is 0 Å². The van der Waals surface area contributed by atoms with Gasteiger partial charge < -0.3 is 4.98 Å². The summed E-state index contributed by atoms with van der Waals surface area (Å²) in [4.78, 5) is 18.9. The lowest BCUT2D eigenvalue weighted by Gasteiger charge is -2.08. The lowest BCUT2D eigenvalue weighted by atomic mass is 10.1. The van der Waals surface area contributed by atoms with E-state index < -0.39 is 5.51 Å². The molecule has 112 valence electrons. The molecular weight excluding hydrogens is 301 g/mol. The molecule has 0 atom stereocenters. The molecule has 21 heavy (non-hydrogen) atoms. The summed E-state index contributed by atoms with van der Waals surface area (Å²) in [5.74, 6) is 0.359. The first-order chi connectivity index (χ1) is 9.80. The number of hydrogen-bond donors (Lipinski definition) is 1. The third kappa shape index (κ3) is 3.87. The number of aromatic amines is 1. The molecule has 0 spiro atoms. The number of halogens is 3. The summed E-state index contributed by atoms with van der Waals surface area (Å²) in [6.45, 7) is 3.60. The maximum absolute atomic E-state index is 12.3. The van der Waals surface area contributed by atoms with Crippen molar-refractivity contribution in [2.75, 3.05) is 0 Å². The largest absolute Gasteiger partial charge is 0.446 e. The topological polar surface area (TPSA) is 45.8 Å². The normalized spacial score (nSPS) is 11.7. The number of thioether (sulfide) groups is 1. The van der Waals surface area contributed by atoms with Gasteiger partial charge in [0.05, 0.1) is 0 Å².